The molecule has 0 spiro atoms. The number of carbonyl (C=O) groups excluding carboxylic acids is 3. The van der Waals surface area contributed by atoms with E-state index in [4.69, 9.17) is 0 Å². The smallest absolute Gasteiger partial charge is 0.328 e. The van der Waals surface area contributed by atoms with Crippen LogP contribution in [0.3, 0.4) is 0 Å². The van der Waals surface area contributed by atoms with E-state index in [1.807, 2.05) is 0 Å². The van der Waals surface area contributed by atoms with Crippen LogP contribution in [0.15, 0.2) is 0 Å². The number of aliphatic carboxylic acids is 1. The molecule has 2 atom stereocenters. The van der Waals surface area contributed by atoms with Gasteiger partial charge in [0.15, 0.2) is 0 Å². The van der Waals surface area contributed by atoms with Crippen LogP contribution >= 0.6 is 0 Å². The number of amides is 3. The third kappa shape index (κ3) is 7.64. The number of carboxylic acid groups (broad SMARTS) is 1. The topological polar surface area (TPSA) is 128 Å². The van der Waals surface area contributed by atoms with Crippen molar-refractivity contribution in [3.8, 4) is 0 Å². The number of piperidine rings is 2. The molecule has 164 valence electrons. The number of carbonyl (C=O) groups is 4. The first-order valence-corrected chi connectivity index (χ1v) is 10.7. The molecule has 0 aromatic carbocycles. The van der Waals surface area contributed by atoms with Crippen LogP contribution < -0.4 is 16.0 Å². The number of nitrogens with one attached hydrogen (secondary N) is 3. The molecule has 0 bridgehead atoms. The quantitative estimate of drug-likeness (QED) is 0.427. The maximum atomic E-state index is 12.6. The molecule has 9 nitrogen and oxygen atoms in total. The lowest BCUT2D eigenvalue weighted by Gasteiger charge is -2.33. The Labute approximate surface area is 172 Å². The van der Waals surface area contributed by atoms with Crippen molar-refractivity contribution in [1.82, 2.24) is 20.9 Å². The average molecular weight is 411 g/mol. The number of nitrogens with zero attached hydrogens (tertiary/aromatic N) is 1. The summed E-state index contributed by atoms with van der Waals surface area (Å²) in [6, 6.07) is -1.15. The molecule has 3 amide bonds. The van der Waals surface area contributed by atoms with Crippen molar-refractivity contribution in [3.63, 3.8) is 0 Å². The fraction of sp³-hybridized carbons (Fsp3) is 0.800. The summed E-state index contributed by atoms with van der Waals surface area (Å²) in [7, 11) is 0. The van der Waals surface area contributed by atoms with Gasteiger partial charge >= 0.3 is 5.97 Å². The molecule has 0 saturated carbocycles. The molecule has 2 rings (SSSR count). The summed E-state index contributed by atoms with van der Waals surface area (Å²) in [4.78, 5) is 49.5. The zero-order valence-electron chi connectivity index (χ0n) is 17.2. The summed E-state index contributed by atoms with van der Waals surface area (Å²) in [6.07, 6.45) is 5.23. The number of hydrogen-bond acceptors (Lipinski definition) is 5. The summed E-state index contributed by atoms with van der Waals surface area (Å²) in [5.74, 6) is -1.49. The summed E-state index contributed by atoms with van der Waals surface area (Å²) in [5, 5.41) is 17.5. The van der Waals surface area contributed by atoms with Crippen molar-refractivity contribution in [2.75, 3.05) is 32.7 Å². The molecular formula is C20H34N4O5. The van der Waals surface area contributed by atoms with E-state index in [1.54, 1.807) is 11.8 Å². The Morgan fingerprint density at radius 2 is 1.90 bits per heavy atom. The van der Waals surface area contributed by atoms with Crippen LogP contribution in [0.1, 0.15) is 51.9 Å². The molecule has 0 aromatic heterocycles. The zero-order valence-corrected chi connectivity index (χ0v) is 17.2. The van der Waals surface area contributed by atoms with Gasteiger partial charge in [0, 0.05) is 32.5 Å². The summed E-state index contributed by atoms with van der Waals surface area (Å²) >= 11 is 0. The first-order chi connectivity index (χ1) is 13.9. The number of carboxylic acids is 1. The van der Waals surface area contributed by atoms with E-state index in [1.165, 1.54) is 0 Å². The van der Waals surface area contributed by atoms with E-state index >= 15 is 0 Å². The Balaban J connectivity index is 1.77. The second-order valence-corrected chi connectivity index (χ2v) is 7.97. The highest BCUT2D eigenvalue weighted by atomic mass is 16.4. The molecular weight excluding hydrogens is 376 g/mol. The van der Waals surface area contributed by atoms with Gasteiger partial charge in [-0.25, -0.2) is 4.79 Å². The number of likely N-dealkylation sites (tertiary alicyclic amines) is 1. The van der Waals surface area contributed by atoms with Crippen LogP contribution in [-0.4, -0.2) is 72.5 Å². The molecule has 2 heterocycles. The third-order valence-electron chi connectivity index (χ3n) is 5.80. The predicted octanol–water partition coefficient (Wildman–Crippen LogP) is 0.100. The van der Waals surface area contributed by atoms with Crippen molar-refractivity contribution in [2.45, 2.75) is 57.9 Å². The van der Waals surface area contributed by atoms with Gasteiger partial charge in [-0.15, -0.1) is 0 Å². The molecule has 4 N–H and O–H groups in total. The minimum atomic E-state index is -1.19. The van der Waals surface area contributed by atoms with Crippen molar-refractivity contribution >= 4 is 23.7 Å². The summed E-state index contributed by atoms with van der Waals surface area (Å²) in [6.45, 7) is 4.53. The Morgan fingerprint density at radius 3 is 2.55 bits per heavy atom. The van der Waals surface area contributed by atoms with Crippen LogP contribution in [0.2, 0.25) is 0 Å². The van der Waals surface area contributed by atoms with Crippen LogP contribution in [0.25, 0.3) is 0 Å². The van der Waals surface area contributed by atoms with Gasteiger partial charge in [0.05, 0.1) is 5.92 Å². The van der Waals surface area contributed by atoms with E-state index < -0.39 is 12.0 Å². The second-order valence-electron chi connectivity index (χ2n) is 7.97. The monoisotopic (exact) mass is 410 g/mol. The Kier molecular flexibility index (Phi) is 9.37. The first kappa shape index (κ1) is 23.1. The lowest BCUT2D eigenvalue weighted by atomic mass is 9.92. The number of hydrogen-bond donors (Lipinski definition) is 4. The largest absolute Gasteiger partial charge is 0.480 e. The summed E-state index contributed by atoms with van der Waals surface area (Å²) < 4.78 is 0. The Hall–Kier alpha value is -2.16. The molecule has 2 aliphatic heterocycles. The van der Waals surface area contributed by atoms with Crippen LogP contribution in [-0.2, 0) is 19.2 Å². The average Bonchev–Trinajstić information content (AvgIpc) is 2.75. The molecule has 29 heavy (non-hydrogen) atoms. The van der Waals surface area contributed by atoms with Crippen LogP contribution in [0, 0.1) is 11.8 Å². The highest BCUT2D eigenvalue weighted by molar-refractivity contribution is 5.85. The van der Waals surface area contributed by atoms with Crippen molar-refractivity contribution in [1.29, 1.82) is 0 Å². The third-order valence-corrected chi connectivity index (χ3v) is 5.80. The van der Waals surface area contributed by atoms with Gasteiger partial charge in [-0.3, -0.25) is 14.4 Å². The Morgan fingerprint density at radius 1 is 1.17 bits per heavy atom. The summed E-state index contributed by atoms with van der Waals surface area (Å²) in [5.41, 5.74) is 0. The standard InChI is InChI=1S/C20H34N4O5/c1-2-17(25)23-16(20(28)29)12-22-19(27)15-4-3-11-24(13-15)18(26)6-5-14-7-9-21-10-8-14/h14-16,21H,2-13H2,1H3,(H,22,27)(H,23,25)(H,28,29)/t15-,16-/m1/s1. The van der Waals surface area contributed by atoms with Gasteiger partial charge in [0.25, 0.3) is 0 Å². The van der Waals surface area contributed by atoms with Gasteiger partial charge in [-0.05, 0) is 51.1 Å². The molecule has 0 radical (unpaired) electrons. The van der Waals surface area contributed by atoms with Crippen molar-refractivity contribution in [3.05, 3.63) is 0 Å². The second kappa shape index (κ2) is 11.7. The molecule has 2 saturated heterocycles. The zero-order chi connectivity index (χ0) is 21.2. The molecule has 9 heteroatoms. The predicted molar refractivity (Wildman–Crippen MR) is 107 cm³/mol. The number of rotatable bonds is 9. The molecule has 0 aromatic rings. The SMILES string of the molecule is CCC(=O)N[C@H](CNC(=O)[C@@H]1CCCN(C(=O)CCC2CCNCC2)C1)C(=O)O. The van der Waals surface area contributed by atoms with Crippen LogP contribution in [0.5, 0.6) is 0 Å². The lowest BCUT2D eigenvalue weighted by molar-refractivity contribution is -0.142. The fourth-order valence-electron chi connectivity index (χ4n) is 3.92. The molecule has 2 aliphatic rings. The minimum Gasteiger partial charge on any atom is -0.480 e. The minimum absolute atomic E-state index is 0.0969. The highest BCUT2D eigenvalue weighted by Crippen LogP contribution is 2.21. The lowest BCUT2D eigenvalue weighted by Crippen LogP contribution is -2.51. The normalized spacial score (nSPS) is 21.3. The van der Waals surface area contributed by atoms with Crippen molar-refractivity contribution in [2.24, 2.45) is 11.8 Å². The van der Waals surface area contributed by atoms with Gasteiger partial charge in [-0.2, -0.15) is 0 Å². The first-order valence-electron chi connectivity index (χ1n) is 10.7. The van der Waals surface area contributed by atoms with Gasteiger partial charge < -0.3 is 26.0 Å². The van der Waals surface area contributed by atoms with Gasteiger partial charge in [0.2, 0.25) is 17.7 Å². The fourth-order valence-corrected chi connectivity index (χ4v) is 3.92. The van der Waals surface area contributed by atoms with Crippen LogP contribution in [0.4, 0.5) is 0 Å². The van der Waals surface area contributed by atoms with Crippen molar-refractivity contribution < 1.29 is 24.3 Å². The van der Waals surface area contributed by atoms with E-state index in [0.717, 1.165) is 38.8 Å². The molecule has 2 fully saturated rings. The van der Waals surface area contributed by atoms with Gasteiger partial charge in [-0.1, -0.05) is 6.92 Å². The van der Waals surface area contributed by atoms with Gasteiger partial charge in [0.1, 0.15) is 6.04 Å². The van der Waals surface area contributed by atoms with E-state index in [9.17, 15) is 24.3 Å². The van der Waals surface area contributed by atoms with E-state index in [2.05, 4.69) is 16.0 Å². The van der Waals surface area contributed by atoms with E-state index in [-0.39, 0.29) is 36.6 Å². The molecule has 0 aliphatic carbocycles. The maximum absolute atomic E-state index is 12.6. The van der Waals surface area contributed by atoms with E-state index in [0.29, 0.717) is 31.8 Å². The molecule has 0 unspecified atom stereocenters. The highest BCUT2D eigenvalue weighted by Gasteiger charge is 2.29. The Bertz CT molecular complexity index is 591. The maximum Gasteiger partial charge on any atom is 0.328 e.